The summed E-state index contributed by atoms with van der Waals surface area (Å²) in [6.45, 7) is 5.62. The quantitative estimate of drug-likeness (QED) is 0.298. The van der Waals surface area contributed by atoms with Gasteiger partial charge in [0.05, 0.1) is 5.56 Å². The Balaban J connectivity index is 0.000000335. The molecule has 0 aromatic heterocycles. The molecule has 10 heteroatoms. The van der Waals surface area contributed by atoms with E-state index in [0.29, 0.717) is 5.84 Å². The maximum absolute atomic E-state index is 12.4. The van der Waals surface area contributed by atoms with Crippen molar-refractivity contribution >= 4 is 18.0 Å². The number of aryl methyl sites for hydroxylation is 2. The number of carboxylic acid groups (broad SMARTS) is 1. The van der Waals surface area contributed by atoms with E-state index in [1.54, 1.807) is 32.2 Å². The van der Waals surface area contributed by atoms with Gasteiger partial charge < -0.3 is 9.84 Å². The van der Waals surface area contributed by atoms with Crippen LogP contribution in [0, 0.1) is 13.8 Å². The van der Waals surface area contributed by atoms with Gasteiger partial charge in [-0.25, -0.2) is 9.79 Å². The summed E-state index contributed by atoms with van der Waals surface area (Å²) in [7, 11) is 1.68. The summed E-state index contributed by atoms with van der Waals surface area (Å²) in [5.74, 6) is -0.810. The van der Waals surface area contributed by atoms with Gasteiger partial charge in [-0.1, -0.05) is 37.1 Å². The Morgan fingerprint density at radius 2 is 1.67 bits per heavy atom. The van der Waals surface area contributed by atoms with Crippen LogP contribution in [0.25, 0.3) is 0 Å². The number of alkyl halides is 5. The molecule has 0 spiro atoms. The first-order valence-corrected chi connectivity index (χ1v) is 9.86. The predicted octanol–water partition coefficient (Wildman–Crippen LogP) is 6.47. The lowest BCUT2D eigenvalue weighted by Gasteiger charge is -2.20. The molecule has 0 saturated carbocycles. The molecule has 0 aliphatic heterocycles. The highest BCUT2D eigenvalue weighted by atomic mass is 19.4. The van der Waals surface area contributed by atoms with Crippen molar-refractivity contribution in [2.24, 2.45) is 9.98 Å². The molecule has 33 heavy (non-hydrogen) atoms. The monoisotopic (exact) mass is 472 g/mol. The van der Waals surface area contributed by atoms with Gasteiger partial charge in [-0.05, 0) is 50.1 Å². The van der Waals surface area contributed by atoms with Crippen LogP contribution < -0.4 is 4.74 Å². The Morgan fingerprint density at radius 3 is 2.12 bits per heavy atom. The number of hydrogen-bond donors (Lipinski definition) is 1. The first-order chi connectivity index (χ1) is 15.3. The summed E-state index contributed by atoms with van der Waals surface area (Å²) in [6.07, 6.45) is -7.09. The van der Waals surface area contributed by atoms with Gasteiger partial charge in [-0.15, -0.1) is 0 Å². The SMILES string of the molecule is CCCC=NC(=NC)c1ccc(C(=O)O)cc1C.Cc1ccc(OC(F)(F)C(F)(F)F)cc1. The highest BCUT2D eigenvalue weighted by Crippen LogP contribution is 2.37. The summed E-state index contributed by atoms with van der Waals surface area (Å²) in [4.78, 5) is 19.3. The molecule has 0 aliphatic carbocycles. The van der Waals surface area contributed by atoms with E-state index in [1.807, 2.05) is 13.1 Å². The van der Waals surface area contributed by atoms with Crippen LogP contribution in [0.1, 0.15) is 46.8 Å². The van der Waals surface area contributed by atoms with Crippen molar-refractivity contribution in [1.29, 1.82) is 0 Å². The Labute approximate surface area is 188 Å². The molecule has 0 unspecified atom stereocenters. The van der Waals surface area contributed by atoms with Crippen LogP contribution in [-0.4, -0.2) is 42.5 Å². The third kappa shape index (κ3) is 8.63. The number of hydrogen-bond acceptors (Lipinski definition) is 3. The van der Waals surface area contributed by atoms with Gasteiger partial charge in [0.15, 0.2) is 5.84 Å². The number of carbonyl (C=O) groups is 1. The number of halogens is 5. The minimum Gasteiger partial charge on any atom is -0.478 e. The zero-order valence-corrected chi connectivity index (χ0v) is 18.6. The standard InChI is InChI=1S/C14H18N2O2.C9H7F5O/c1-4-5-8-16-13(15-3)12-7-6-11(14(17)18)9-10(12)2;1-6-2-4-7(5-3-6)15-9(13,14)8(10,11)12/h6-9H,4-5H2,1-3H3,(H,17,18);2-5H,1H3. The van der Waals surface area contributed by atoms with E-state index >= 15 is 0 Å². The zero-order chi connectivity index (χ0) is 25.2. The summed E-state index contributed by atoms with van der Waals surface area (Å²) in [5, 5.41) is 8.91. The highest BCUT2D eigenvalue weighted by molar-refractivity contribution is 6.04. The second-order valence-electron chi connectivity index (χ2n) is 6.91. The number of aliphatic imine (C=N–C) groups is 2. The molecule has 2 aromatic carbocycles. The van der Waals surface area contributed by atoms with Gasteiger partial charge in [0.25, 0.3) is 0 Å². The van der Waals surface area contributed by atoms with Crippen molar-refractivity contribution in [2.45, 2.75) is 45.9 Å². The smallest absolute Gasteiger partial charge is 0.478 e. The summed E-state index contributed by atoms with van der Waals surface area (Å²) >= 11 is 0. The number of aromatic carboxylic acids is 1. The van der Waals surface area contributed by atoms with Crippen LogP contribution in [0.5, 0.6) is 5.75 Å². The summed E-state index contributed by atoms with van der Waals surface area (Å²) in [5.41, 5.74) is 2.75. The van der Waals surface area contributed by atoms with E-state index in [0.717, 1.165) is 41.7 Å². The number of ether oxygens (including phenoxy) is 1. The molecule has 0 amide bonds. The van der Waals surface area contributed by atoms with Crippen molar-refractivity contribution in [1.82, 2.24) is 0 Å². The zero-order valence-electron chi connectivity index (χ0n) is 18.6. The number of rotatable bonds is 6. The molecular formula is C23H25F5N2O3. The second-order valence-corrected chi connectivity index (χ2v) is 6.91. The first kappa shape index (κ1) is 27.7. The molecule has 0 atom stereocenters. The Bertz CT molecular complexity index is 985. The van der Waals surface area contributed by atoms with Crippen LogP contribution in [0.3, 0.4) is 0 Å². The first-order valence-electron chi connectivity index (χ1n) is 9.86. The van der Waals surface area contributed by atoms with Gasteiger partial charge in [-0.2, -0.15) is 22.0 Å². The maximum Gasteiger partial charge on any atom is 0.499 e. The number of nitrogens with zero attached hydrogens (tertiary/aromatic N) is 2. The van der Waals surface area contributed by atoms with Gasteiger partial charge in [0.2, 0.25) is 0 Å². The second kappa shape index (κ2) is 12.1. The topological polar surface area (TPSA) is 71.2 Å². The molecule has 0 bridgehead atoms. The average molecular weight is 472 g/mol. The van der Waals surface area contributed by atoms with Crippen LogP contribution >= 0.6 is 0 Å². The molecular weight excluding hydrogens is 447 g/mol. The van der Waals surface area contributed by atoms with E-state index in [-0.39, 0.29) is 5.56 Å². The third-order valence-corrected chi connectivity index (χ3v) is 4.15. The molecule has 180 valence electrons. The lowest BCUT2D eigenvalue weighted by Crippen LogP contribution is -2.41. The normalized spacial score (nSPS) is 12.3. The fourth-order valence-electron chi connectivity index (χ4n) is 2.39. The Hall–Kier alpha value is -3.30. The van der Waals surface area contributed by atoms with Gasteiger partial charge >= 0.3 is 18.3 Å². The fourth-order valence-corrected chi connectivity index (χ4v) is 2.39. The molecule has 0 aliphatic rings. The minimum absolute atomic E-state index is 0.282. The number of amidine groups is 1. The Kier molecular flexibility index (Phi) is 10.2. The number of benzene rings is 2. The molecule has 5 nitrogen and oxygen atoms in total. The molecule has 0 heterocycles. The Morgan fingerprint density at radius 1 is 1.06 bits per heavy atom. The molecule has 0 radical (unpaired) electrons. The van der Waals surface area contributed by atoms with E-state index in [2.05, 4.69) is 21.6 Å². The van der Waals surface area contributed by atoms with Gasteiger partial charge in [0, 0.05) is 18.8 Å². The number of carboxylic acids is 1. The van der Waals surface area contributed by atoms with E-state index in [9.17, 15) is 26.7 Å². The van der Waals surface area contributed by atoms with E-state index in [1.165, 1.54) is 12.1 Å². The minimum atomic E-state index is -5.71. The van der Waals surface area contributed by atoms with Crippen molar-refractivity contribution in [3.8, 4) is 5.75 Å². The van der Waals surface area contributed by atoms with E-state index in [4.69, 9.17) is 5.11 Å². The molecule has 0 fully saturated rings. The average Bonchev–Trinajstić information content (AvgIpc) is 2.73. The van der Waals surface area contributed by atoms with Crippen molar-refractivity contribution in [3.63, 3.8) is 0 Å². The van der Waals surface area contributed by atoms with E-state index < -0.39 is 24.0 Å². The van der Waals surface area contributed by atoms with Crippen molar-refractivity contribution in [3.05, 3.63) is 64.7 Å². The predicted molar refractivity (Wildman–Crippen MR) is 117 cm³/mol. The fraction of sp³-hybridized carbons (Fsp3) is 0.348. The highest BCUT2D eigenvalue weighted by Gasteiger charge is 2.61. The largest absolute Gasteiger partial charge is 0.499 e. The summed E-state index contributed by atoms with van der Waals surface area (Å²) in [6, 6.07) is 9.82. The molecule has 2 rings (SSSR count). The summed E-state index contributed by atoms with van der Waals surface area (Å²) < 4.78 is 63.5. The van der Waals surface area contributed by atoms with Crippen LogP contribution in [-0.2, 0) is 0 Å². The lowest BCUT2D eigenvalue weighted by atomic mass is 10.0. The lowest BCUT2D eigenvalue weighted by molar-refractivity contribution is -0.360. The molecule has 1 N–H and O–H groups in total. The third-order valence-electron chi connectivity index (χ3n) is 4.15. The van der Waals surface area contributed by atoms with Gasteiger partial charge in [0.1, 0.15) is 5.75 Å². The van der Waals surface area contributed by atoms with Crippen molar-refractivity contribution in [2.75, 3.05) is 7.05 Å². The maximum atomic E-state index is 12.4. The number of unbranched alkanes of at least 4 members (excludes halogenated alkanes) is 1. The van der Waals surface area contributed by atoms with Crippen molar-refractivity contribution < 1.29 is 36.6 Å². The van der Waals surface area contributed by atoms with Crippen LogP contribution in [0.4, 0.5) is 22.0 Å². The molecule has 0 saturated heterocycles. The van der Waals surface area contributed by atoms with Crippen LogP contribution in [0.2, 0.25) is 0 Å². The molecule has 2 aromatic rings. The van der Waals surface area contributed by atoms with Crippen LogP contribution in [0.15, 0.2) is 52.4 Å². The van der Waals surface area contributed by atoms with Gasteiger partial charge in [-0.3, -0.25) is 4.99 Å².